The third kappa shape index (κ3) is 4.28. The molecule has 0 amide bonds. The molecular weight excluding hydrogens is 364 g/mol. The molecule has 4 nitrogen and oxygen atoms in total. The second kappa shape index (κ2) is 8.50. The van der Waals surface area contributed by atoms with E-state index in [0.29, 0.717) is 18.9 Å². The Morgan fingerprint density at radius 1 is 0.958 bits per heavy atom. The Kier molecular flexibility index (Phi) is 7.26. The Morgan fingerprint density at radius 3 is 2.25 bits per heavy atom. The lowest BCUT2D eigenvalue weighted by Crippen LogP contribution is -2.44. The van der Waals surface area contributed by atoms with Gasteiger partial charge in [-0.3, -0.25) is 4.98 Å². The van der Waals surface area contributed by atoms with Gasteiger partial charge < -0.3 is 10.2 Å². The SMILES string of the molecule is Cl.Cl.FC(F)(F)c1ccccc1-c1nccnc1N1CCNCC1. The van der Waals surface area contributed by atoms with Gasteiger partial charge in [-0.15, -0.1) is 24.8 Å². The molecule has 0 aliphatic carbocycles. The summed E-state index contributed by atoms with van der Waals surface area (Å²) in [5.41, 5.74) is -0.346. The molecule has 1 aromatic carbocycles. The van der Waals surface area contributed by atoms with Crippen LogP contribution in [0, 0.1) is 0 Å². The molecule has 0 bridgehead atoms. The molecule has 0 radical (unpaired) electrons. The minimum atomic E-state index is -4.42. The van der Waals surface area contributed by atoms with Crippen molar-refractivity contribution >= 4 is 30.6 Å². The lowest BCUT2D eigenvalue weighted by molar-refractivity contribution is -0.137. The van der Waals surface area contributed by atoms with Crippen LogP contribution >= 0.6 is 24.8 Å². The number of hydrogen-bond donors (Lipinski definition) is 1. The van der Waals surface area contributed by atoms with Crippen molar-refractivity contribution in [3.8, 4) is 11.3 Å². The van der Waals surface area contributed by atoms with Gasteiger partial charge in [-0.25, -0.2) is 4.98 Å². The van der Waals surface area contributed by atoms with Crippen LogP contribution in [-0.4, -0.2) is 36.1 Å². The van der Waals surface area contributed by atoms with Crippen molar-refractivity contribution in [2.45, 2.75) is 6.18 Å². The molecule has 2 aromatic rings. The third-order valence-electron chi connectivity index (χ3n) is 3.58. The highest BCUT2D eigenvalue weighted by atomic mass is 35.5. The number of alkyl halides is 3. The van der Waals surface area contributed by atoms with Crippen LogP contribution in [0.25, 0.3) is 11.3 Å². The summed E-state index contributed by atoms with van der Waals surface area (Å²) in [6.45, 7) is 2.94. The molecule has 0 spiro atoms. The average Bonchev–Trinajstić information content (AvgIpc) is 2.55. The lowest BCUT2D eigenvalue weighted by Gasteiger charge is -2.29. The van der Waals surface area contributed by atoms with Gasteiger partial charge in [0.15, 0.2) is 5.82 Å². The van der Waals surface area contributed by atoms with Crippen molar-refractivity contribution in [2.24, 2.45) is 0 Å². The Labute approximate surface area is 150 Å². The molecule has 132 valence electrons. The molecule has 0 saturated carbocycles. The zero-order valence-electron chi connectivity index (χ0n) is 12.6. The van der Waals surface area contributed by atoms with Gasteiger partial charge in [0.25, 0.3) is 0 Å². The van der Waals surface area contributed by atoms with E-state index in [0.717, 1.165) is 19.2 Å². The van der Waals surface area contributed by atoms with Crippen LogP contribution in [0.1, 0.15) is 5.56 Å². The van der Waals surface area contributed by atoms with E-state index in [9.17, 15) is 13.2 Å². The molecule has 24 heavy (non-hydrogen) atoms. The number of aromatic nitrogens is 2. The Bertz CT molecular complexity index is 661. The highest BCUT2D eigenvalue weighted by Crippen LogP contribution is 2.38. The van der Waals surface area contributed by atoms with Crippen molar-refractivity contribution in [3.63, 3.8) is 0 Å². The molecule has 2 heterocycles. The van der Waals surface area contributed by atoms with Crippen LogP contribution in [0.3, 0.4) is 0 Å². The summed E-state index contributed by atoms with van der Waals surface area (Å²) in [4.78, 5) is 10.4. The van der Waals surface area contributed by atoms with Gasteiger partial charge in [-0.2, -0.15) is 13.2 Å². The molecule has 1 fully saturated rings. The van der Waals surface area contributed by atoms with E-state index in [4.69, 9.17) is 0 Å². The fraction of sp³-hybridized carbons (Fsp3) is 0.333. The van der Waals surface area contributed by atoms with Crippen LogP contribution in [0.4, 0.5) is 19.0 Å². The molecule has 1 aromatic heterocycles. The first-order chi connectivity index (χ1) is 10.6. The van der Waals surface area contributed by atoms with Gasteiger partial charge in [0.2, 0.25) is 0 Å². The van der Waals surface area contributed by atoms with Gasteiger partial charge in [0.1, 0.15) is 5.69 Å². The first-order valence-corrected chi connectivity index (χ1v) is 7.00. The number of benzene rings is 1. The molecule has 0 unspecified atom stereocenters. The standard InChI is InChI=1S/C15H15F3N4.2ClH/c16-15(17,18)12-4-2-1-3-11(12)13-14(21-6-5-20-13)22-9-7-19-8-10-22;;/h1-6,19H,7-10H2;2*1H. The summed E-state index contributed by atoms with van der Waals surface area (Å²) in [5, 5.41) is 3.21. The highest BCUT2D eigenvalue weighted by molar-refractivity contribution is 5.85. The molecular formula is C15H17Cl2F3N4. The van der Waals surface area contributed by atoms with Gasteiger partial charge in [0, 0.05) is 44.1 Å². The van der Waals surface area contributed by atoms with E-state index in [2.05, 4.69) is 15.3 Å². The summed E-state index contributed by atoms with van der Waals surface area (Å²) < 4.78 is 39.7. The van der Waals surface area contributed by atoms with Crippen LogP contribution in [0.15, 0.2) is 36.7 Å². The first kappa shape index (κ1) is 20.5. The highest BCUT2D eigenvalue weighted by Gasteiger charge is 2.34. The smallest absolute Gasteiger partial charge is 0.352 e. The third-order valence-corrected chi connectivity index (χ3v) is 3.58. The first-order valence-electron chi connectivity index (χ1n) is 7.00. The van der Waals surface area contributed by atoms with E-state index in [1.54, 1.807) is 6.07 Å². The van der Waals surface area contributed by atoms with E-state index in [-0.39, 0.29) is 36.1 Å². The maximum absolute atomic E-state index is 13.2. The Hall–Kier alpha value is -1.57. The molecule has 0 atom stereocenters. The predicted octanol–water partition coefficient (Wildman–Crippen LogP) is 3.42. The number of nitrogens with one attached hydrogen (secondary N) is 1. The number of nitrogens with zero attached hydrogens (tertiary/aromatic N) is 3. The second-order valence-electron chi connectivity index (χ2n) is 5.01. The average molecular weight is 381 g/mol. The summed E-state index contributed by atoms with van der Waals surface area (Å²) >= 11 is 0. The van der Waals surface area contributed by atoms with Crippen LogP contribution in [0.5, 0.6) is 0 Å². The minimum Gasteiger partial charge on any atom is -0.352 e. The van der Waals surface area contributed by atoms with E-state index in [1.807, 2.05) is 4.90 Å². The molecule has 3 rings (SSSR count). The number of hydrogen-bond acceptors (Lipinski definition) is 4. The number of piperazine rings is 1. The fourth-order valence-corrected chi connectivity index (χ4v) is 2.57. The van der Waals surface area contributed by atoms with Crippen LogP contribution in [0.2, 0.25) is 0 Å². The molecule has 1 saturated heterocycles. The predicted molar refractivity (Wildman–Crippen MR) is 92.0 cm³/mol. The monoisotopic (exact) mass is 380 g/mol. The maximum Gasteiger partial charge on any atom is 0.417 e. The number of rotatable bonds is 2. The topological polar surface area (TPSA) is 41.1 Å². The quantitative estimate of drug-likeness (QED) is 0.866. The van der Waals surface area contributed by atoms with Gasteiger partial charge in [-0.1, -0.05) is 18.2 Å². The summed E-state index contributed by atoms with van der Waals surface area (Å²) in [6.07, 6.45) is -1.49. The van der Waals surface area contributed by atoms with Crippen molar-refractivity contribution < 1.29 is 13.2 Å². The van der Waals surface area contributed by atoms with Crippen LogP contribution < -0.4 is 10.2 Å². The molecule has 1 aliphatic rings. The maximum atomic E-state index is 13.2. The van der Waals surface area contributed by atoms with Crippen molar-refractivity contribution in [3.05, 3.63) is 42.2 Å². The summed E-state index contributed by atoms with van der Waals surface area (Å²) in [7, 11) is 0. The Morgan fingerprint density at radius 2 is 1.58 bits per heavy atom. The van der Waals surface area contributed by atoms with Crippen molar-refractivity contribution in [2.75, 3.05) is 31.1 Å². The molecule has 9 heteroatoms. The number of anilines is 1. The van der Waals surface area contributed by atoms with Gasteiger partial charge in [-0.05, 0) is 6.07 Å². The second-order valence-corrected chi connectivity index (χ2v) is 5.01. The van der Waals surface area contributed by atoms with Crippen molar-refractivity contribution in [1.82, 2.24) is 15.3 Å². The zero-order chi connectivity index (χ0) is 15.6. The van der Waals surface area contributed by atoms with E-state index >= 15 is 0 Å². The van der Waals surface area contributed by atoms with Crippen molar-refractivity contribution in [1.29, 1.82) is 0 Å². The summed E-state index contributed by atoms with van der Waals surface area (Å²) in [5.74, 6) is 0.501. The lowest BCUT2D eigenvalue weighted by atomic mass is 10.0. The minimum absolute atomic E-state index is 0. The van der Waals surface area contributed by atoms with Crippen LogP contribution in [-0.2, 0) is 6.18 Å². The Balaban J connectivity index is 0.00000144. The van der Waals surface area contributed by atoms with E-state index < -0.39 is 11.7 Å². The molecule has 1 aliphatic heterocycles. The largest absolute Gasteiger partial charge is 0.417 e. The zero-order valence-corrected chi connectivity index (χ0v) is 14.2. The normalized spacial score (nSPS) is 14.5. The van der Waals surface area contributed by atoms with Gasteiger partial charge in [0.05, 0.1) is 5.56 Å². The van der Waals surface area contributed by atoms with Gasteiger partial charge >= 0.3 is 6.18 Å². The molecule has 1 N–H and O–H groups in total. The van der Waals surface area contributed by atoms with E-state index in [1.165, 1.54) is 24.5 Å². The fourth-order valence-electron chi connectivity index (χ4n) is 2.57. The number of halogens is 5. The summed E-state index contributed by atoms with van der Waals surface area (Å²) in [6, 6.07) is 5.48.